The highest BCUT2D eigenvalue weighted by molar-refractivity contribution is 5.76. The van der Waals surface area contributed by atoms with Gasteiger partial charge in [-0.05, 0) is 97.7 Å². The number of aliphatic hydroxyl groups is 3. The third kappa shape index (κ3) is 2.90. The lowest BCUT2D eigenvalue weighted by Gasteiger charge is -2.76. The molecule has 5 rings (SSSR count). The molecule has 5 aliphatic carbocycles. The summed E-state index contributed by atoms with van der Waals surface area (Å²) in [5.41, 5.74) is -3.38. The van der Waals surface area contributed by atoms with Crippen LogP contribution < -0.4 is 0 Å². The van der Waals surface area contributed by atoms with Crippen LogP contribution in [-0.4, -0.2) is 44.2 Å². The van der Waals surface area contributed by atoms with Crippen molar-refractivity contribution in [1.29, 1.82) is 0 Å². The third-order valence-corrected chi connectivity index (χ3v) is 13.8. The molecule has 0 aliphatic heterocycles. The molecule has 0 unspecified atom stereocenters. The Labute approximate surface area is 212 Å². The van der Waals surface area contributed by atoms with E-state index in [2.05, 4.69) is 48.5 Å². The SMILES string of the molecule is CC1(C)CC[C@]2(C(=O)O)CC[C@]3(C)[C@](O)([C@H](O)C[C@@H]4[C@@]5(C)CC[C@H](O)C(C)(C)[C@@H]5CC[C@]43C)[C@@H]2C1. The van der Waals surface area contributed by atoms with Gasteiger partial charge >= 0.3 is 5.97 Å². The van der Waals surface area contributed by atoms with Gasteiger partial charge in [0, 0.05) is 11.3 Å². The summed E-state index contributed by atoms with van der Waals surface area (Å²) >= 11 is 0. The fourth-order valence-electron chi connectivity index (χ4n) is 11.4. The van der Waals surface area contributed by atoms with Gasteiger partial charge in [0.15, 0.2) is 0 Å². The van der Waals surface area contributed by atoms with Crippen LogP contribution in [0.15, 0.2) is 0 Å². The predicted molar refractivity (Wildman–Crippen MR) is 136 cm³/mol. The van der Waals surface area contributed by atoms with Gasteiger partial charge in [0.05, 0.1) is 17.6 Å². The van der Waals surface area contributed by atoms with Gasteiger partial charge in [-0.15, -0.1) is 0 Å². The number of fused-ring (bicyclic) bond motifs is 7. The van der Waals surface area contributed by atoms with Crippen molar-refractivity contribution in [2.24, 2.45) is 50.2 Å². The number of hydrogen-bond acceptors (Lipinski definition) is 4. The van der Waals surface area contributed by atoms with E-state index in [0.29, 0.717) is 38.0 Å². The minimum Gasteiger partial charge on any atom is -0.481 e. The Hall–Kier alpha value is -0.650. The normalized spacial score (nSPS) is 56.7. The first-order chi connectivity index (χ1) is 15.9. The maximum Gasteiger partial charge on any atom is 0.310 e. The van der Waals surface area contributed by atoms with Crippen LogP contribution in [0.5, 0.6) is 0 Å². The number of aliphatic hydroxyl groups excluding tert-OH is 2. The molecule has 5 aliphatic rings. The number of carbonyl (C=O) groups is 1. The summed E-state index contributed by atoms with van der Waals surface area (Å²) in [5.74, 6) is -0.631. The zero-order chi connectivity index (χ0) is 26.0. The molecule has 10 atom stereocenters. The maximum absolute atomic E-state index is 12.8. The van der Waals surface area contributed by atoms with Crippen LogP contribution in [0, 0.1) is 50.2 Å². The number of carboxylic acids is 1. The second-order valence-corrected chi connectivity index (χ2v) is 15.7. The van der Waals surface area contributed by atoms with E-state index in [4.69, 9.17) is 0 Å². The molecule has 0 aromatic rings. The van der Waals surface area contributed by atoms with Crippen LogP contribution in [-0.2, 0) is 4.79 Å². The zero-order valence-electron chi connectivity index (χ0n) is 23.2. The van der Waals surface area contributed by atoms with Gasteiger partial charge in [0.1, 0.15) is 5.60 Å². The molecular weight excluding hydrogens is 440 g/mol. The predicted octanol–water partition coefficient (Wildman–Crippen LogP) is 5.40. The van der Waals surface area contributed by atoms with Gasteiger partial charge in [-0.2, -0.15) is 0 Å². The minimum atomic E-state index is -1.42. The van der Waals surface area contributed by atoms with E-state index in [1.165, 1.54) is 0 Å². The van der Waals surface area contributed by atoms with Gasteiger partial charge in [-0.3, -0.25) is 4.79 Å². The molecule has 200 valence electrons. The Balaban J connectivity index is 1.63. The van der Waals surface area contributed by atoms with Crippen LogP contribution in [0.2, 0.25) is 0 Å². The van der Waals surface area contributed by atoms with E-state index < -0.39 is 34.4 Å². The molecule has 0 spiro atoms. The Morgan fingerprint density at radius 3 is 2.00 bits per heavy atom. The molecule has 0 amide bonds. The molecule has 5 nitrogen and oxygen atoms in total. The average molecular weight is 491 g/mol. The Morgan fingerprint density at radius 2 is 1.37 bits per heavy atom. The van der Waals surface area contributed by atoms with Crippen molar-refractivity contribution in [2.75, 3.05) is 0 Å². The van der Waals surface area contributed by atoms with Crippen LogP contribution >= 0.6 is 0 Å². The monoisotopic (exact) mass is 490 g/mol. The topological polar surface area (TPSA) is 98.0 Å². The molecule has 0 heterocycles. The number of rotatable bonds is 1. The Kier molecular flexibility index (Phi) is 5.39. The van der Waals surface area contributed by atoms with Crippen molar-refractivity contribution in [3.8, 4) is 0 Å². The van der Waals surface area contributed by atoms with Crippen molar-refractivity contribution < 1.29 is 25.2 Å². The van der Waals surface area contributed by atoms with E-state index >= 15 is 0 Å². The second-order valence-electron chi connectivity index (χ2n) is 15.7. The molecule has 35 heavy (non-hydrogen) atoms. The zero-order valence-corrected chi connectivity index (χ0v) is 23.2. The number of hydrogen-bond donors (Lipinski definition) is 4. The lowest BCUT2D eigenvalue weighted by molar-refractivity contribution is -0.343. The molecule has 0 bridgehead atoms. The van der Waals surface area contributed by atoms with Gasteiger partial charge in [0.2, 0.25) is 0 Å². The fraction of sp³-hybridized carbons (Fsp3) is 0.967. The fourth-order valence-corrected chi connectivity index (χ4v) is 11.4. The van der Waals surface area contributed by atoms with E-state index in [1.54, 1.807) is 0 Å². The molecule has 0 radical (unpaired) electrons. The smallest absolute Gasteiger partial charge is 0.310 e. The summed E-state index contributed by atoms with van der Waals surface area (Å²) in [6.07, 6.45) is 6.26. The molecule has 0 aromatic carbocycles. The van der Waals surface area contributed by atoms with Crippen molar-refractivity contribution in [1.82, 2.24) is 0 Å². The number of aliphatic carboxylic acids is 1. The lowest BCUT2D eigenvalue weighted by Crippen LogP contribution is -2.78. The molecule has 0 aromatic heterocycles. The number of carboxylic acid groups (broad SMARTS) is 1. The van der Waals surface area contributed by atoms with Gasteiger partial charge in [-0.25, -0.2) is 0 Å². The van der Waals surface area contributed by atoms with Crippen molar-refractivity contribution in [3.05, 3.63) is 0 Å². The minimum absolute atomic E-state index is 0.0196. The summed E-state index contributed by atoms with van der Waals surface area (Å²) in [6, 6.07) is 0. The lowest BCUT2D eigenvalue weighted by atomic mass is 9.29. The first kappa shape index (κ1) is 26.0. The largest absolute Gasteiger partial charge is 0.481 e. The Bertz CT molecular complexity index is 912. The second kappa shape index (κ2) is 7.26. The van der Waals surface area contributed by atoms with E-state index in [1.807, 2.05) is 0 Å². The summed E-state index contributed by atoms with van der Waals surface area (Å²) < 4.78 is 0. The summed E-state index contributed by atoms with van der Waals surface area (Å²) in [5, 5.41) is 46.2. The first-order valence-electron chi connectivity index (χ1n) is 14.2. The molecule has 5 saturated carbocycles. The average Bonchev–Trinajstić information content (AvgIpc) is 2.75. The summed E-state index contributed by atoms with van der Waals surface area (Å²) in [6.45, 7) is 15.8. The molecule has 5 fully saturated rings. The van der Waals surface area contributed by atoms with Gasteiger partial charge < -0.3 is 20.4 Å². The highest BCUT2D eigenvalue weighted by atomic mass is 16.4. The van der Waals surface area contributed by atoms with Crippen molar-refractivity contribution in [3.63, 3.8) is 0 Å². The van der Waals surface area contributed by atoms with E-state index in [-0.39, 0.29) is 33.7 Å². The standard InChI is InChI=1S/C30H50O5/c1-24(2)12-14-29(23(33)34)15-13-28(7)27(6)11-8-18-25(3,4)21(31)9-10-26(18,5)19(27)16-22(32)30(28,35)20(29)17-24/h18-22,31-32,35H,8-17H2,1-7H3,(H,33,34)/t18-,19+,20+,21-,22+,26-,27+,28-,29-,30+/m0/s1. The van der Waals surface area contributed by atoms with Crippen molar-refractivity contribution in [2.45, 2.75) is 130 Å². The molecule has 5 heteroatoms. The van der Waals surface area contributed by atoms with Crippen LogP contribution in [0.3, 0.4) is 0 Å². The van der Waals surface area contributed by atoms with E-state index in [9.17, 15) is 25.2 Å². The van der Waals surface area contributed by atoms with Crippen LogP contribution in [0.25, 0.3) is 0 Å². The molecule has 4 N–H and O–H groups in total. The highest BCUT2D eigenvalue weighted by Crippen LogP contribution is 2.78. The Morgan fingerprint density at radius 1 is 0.743 bits per heavy atom. The molecule has 0 saturated heterocycles. The third-order valence-electron chi connectivity index (χ3n) is 13.8. The van der Waals surface area contributed by atoms with Crippen LogP contribution in [0.1, 0.15) is 113 Å². The first-order valence-corrected chi connectivity index (χ1v) is 14.2. The van der Waals surface area contributed by atoms with Crippen molar-refractivity contribution >= 4 is 5.97 Å². The highest BCUT2D eigenvalue weighted by Gasteiger charge is 2.78. The van der Waals surface area contributed by atoms with Gasteiger partial charge in [0.25, 0.3) is 0 Å². The molecular formula is C30H50O5. The maximum atomic E-state index is 12.8. The van der Waals surface area contributed by atoms with Gasteiger partial charge in [-0.1, -0.05) is 48.5 Å². The van der Waals surface area contributed by atoms with E-state index in [0.717, 1.165) is 32.1 Å². The van der Waals surface area contributed by atoms with Crippen LogP contribution in [0.4, 0.5) is 0 Å². The quantitative estimate of drug-likeness (QED) is 0.395. The summed E-state index contributed by atoms with van der Waals surface area (Å²) in [7, 11) is 0. The summed E-state index contributed by atoms with van der Waals surface area (Å²) in [4.78, 5) is 12.8.